The van der Waals surface area contributed by atoms with Gasteiger partial charge >= 0.3 is 0 Å². The van der Waals surface area contributed by atoms with E-state index in [0.717, 1.165) is 0 Å². The fourth-order valence-corrected chi connectivity index (χ4v) is 1.52. The minimum atomic E-state index is 0.326. The molecule has 4 heteroatoms. The molecule has 1 aromatic carbocycles. The van der Waals surface area contributed by atoms with E-state index in [1.165, 1.54) is 6.08 Å². The number of allylic oxidation sites excluding steroid dienone is 1. The van der Waals surface area contributed by atoms with Crippen molar-refractivity contribution < 1.29 is 0 Å². The third-order valence-electron chi connectivity index (χ3n) is 1.33. The summed E-state index contributed by atoms with van der Waals surface area (Å²) in [7, 11) is 0. The van der Waals surface area contributed by atoms with Gasteiger partial charge in [-0.1, -0.05) is 34.8 Å². The second-order valence-corrected chi connectivity index (χ2v) is 3.56. The van der Waals surface area contributed by atoms with Gasteiger partial charge in [-0.15, -0.1) is 0 Å². The summed E-state index contributed by atoms with van der Waals surface area (Å²) in [4.78, 5) is 0. The maximum absolute atomic E-state index is 8.36. The maximum Gasteiger partial charge on any atom is 0.0927 e. The Balaban J connectivity index is 3.17. The Bertz CT molecular complexity index is 370. The van der Waals surface area contributed by atoms with Crippen molar-refractivity contribution in [3.8, 4) is 6.07 Å². The first-order valence-corrected chi connectivity index (χ1v) is 4.48. The SMILES string of the molecule is N#C/C=C(\Cl)c1cc(Cl)cc(Cl)c1. The van der Waals surface area contributed by atoms with Crippen molar-refractivity contribution in [1.29, 1.82) is 5.26 Å². The van der Waals surface area contributed by atoms with Crippen LogP contribution < -0.4 is 0 Å². The van der Waals surface area contributed by atoms with Crippen LogP contribution in [0.1, 0.15) is 5.56 Å². The van der Waals surface area contributed by atoms with Gasteiger partial charge in [0.1, 0.15) is 0 Å². The summed E-state index contributed by atoms with van der Waals surface area (Å²) in [5, 5.41) is 9.67. The molecule has 13 heavy (non-hydrogen) atoms. The van der Waals surface area contributed by atoms with E-state index < -0.39 is 0 Å². The molecule has 0 fully saturated rings. The van der Waals surface area contributed by atoms with Crippen molar-refractivity contribution >= 4 is 39.8 Å². The fraction of sp³-hybridized carbons (Fsp3) is 0. The number of hydrogen-bond donors (Lipinski definition) is 0. The first-order valence-electron chi connectivity index (χ1n) is 3.35. The standard InChI is InChI=1S/C9H4Cl3N/c10-7-3-6(4-8(11)5-7)9(12)1-2-13/h1,3-5H/b9-1-. The van der Waals surface area contributed by atoms with Crippen LogP contribution in [0.5, 0.6) is 0 Å². The van der Waals surface area contributed by atoms with Gasteiger partial charge in [0.25, 0.3) is 0 Å². The molecule has 0 radical (unpaired) electrons. The third kappa shape index (κ3) is 2.93. The summed E-state index contributed by atoms with van der Waals surface area (Å²) in [6.45, 7) is 0. The summed E-state index contributed by atoms with van der Waals surface area (Å²) in [6, 6.07) is 6.71. The Kier molecular flexibility index (Phi) is 3.62. The lowest BCUT2D eigenvalue weighted by molar-refractivity contribution is 1.53. The molecule has 0 saturated heterocycles. The molecule has 0 spiro atoms. The molecule has 1 rings (SSSR count). The largest absolute Gasteiger partial charge is 0.193 e. The molecule has 0 unspecified atom stereocenters. The second kappa shape index (κ2) is 4.53. The first kappa shape index (κ1) is 10.4. The van der Waals surface area contributed by atoms with E-state index >= 15 is 0 Å². The molecule has 0 bridgehead atoms. The van der Waals surface area contributed by atoms with Gasteiger partial charge in [-0.2, -0.15) is 5.26 Å². The summed E-state index contributed by atoms with van der Waals surface area (Å²) in [5.41, 5.74) is 0.640. The number of nitriles is 1. The molecule has 0 saturated carbocycles. The van der Waals surface area contributed by atoms with Crippen LogP contribution in [0.25, 0.3) is 5.03 Å². The van der Waals surface area contributed by atoms with E-state index in [4.69, 9.17) is 40.1 Å². The zero-order valence-corrected chi connectivity index (χ0v) is 8.66. The zero-order valence-electron chi connectivity index (χ0n) is 6.39. The molecule has 0 atom stereocenters. The number of benzene rings is 1. The van der Waals surface area contributed by atoms with Crippen molar-refractivity contribution in [3.05, 3.63) is 39.9 Å². The van der Waals surface area contributed by atoms with Crippen molar-refractivity contribution in [2.45, 2.75) is 0 Å². The molecule has 66 valence electrons. The molecule has 0 aliphatic heterocycles. The quantitative estimate of drug-likeness (QED) is 0.669. The molecule has 0 N–H and O–H groups in total. The summed E-state index contributed by atoms with van der Waals surface area (Å²) in [6.07, 6.45) is 1.23. The lowest BCUT2D eigenvalue weighted by Gasteiger charge is -1.99. The van der Waals surface area contributed by atoms with Gasteiger partial charge in [-0.25, -0.2) is 0 Å². The van der Waals surface area contributed by atoms with E-state index in [1.807, 2.05) is 6.07 Å². The van der Waals surface area contributed by atoms with Crippen LogP contribution in [0.4, 0.5) is 0 Å². The smallest absolute Gasteiger partial charge is 0.0927 e. The predicted octanol–water partition coefficient (Wildman–Crippen LogP) is 4.10. The van der Waals surface area contributed by atoms with Gasteiger partial charge in [0.15, 0.2) is 0 Å². The lowest BCUT2D eigenvalue weighted by atomic mass is 10.2. The normalized spacial score (nSPS) is 11.1. The van der Waals surface area contributed by atoms with Crippen LogP contribution in [-0.2, 0) is 0 Å². The number of hydrogen-bond acceptors (Lipinski definition) is 1. The Morgan fingerprint density at radius 2 is 1.77 bits per heavy atom. The molecular weight excluding hydrogens is 228 g/mol. The number of nitrogens with zero attached hydrogens (tertiary/aromatic N) is 1. The average Bonchev–Trinajstić information content (AvgIpc) is 2.03. The highest BCUT2D eigenvalue weighted by atomic mass is 35.5. The van der Waals surface area contributed by atoms with E-state index in [0.29, 0.717) is 20.6 Å². The zero-order chi connectivity index (χ0) is 9.84. The van der Waals surface area contributed by atoms with E-state index in [-0.39, 0.29) is 0 Å². The summed E-state index contributed by atoms with van der Waals surface area (Å²) in [5.74, 6) is 0. The fourth-order valence-electron chi connectivity index (χ4n) is 0.832. The maximum atomic E-state index is 8.36. The van der Waals surface area contributed by atoms with Gasteiger partial charge in [-0.3, -0.25) is 0 Å². The molecule has 1 nitrogen and oxygen atoms in total. The van der Waals surface area contributed by atoms with E-state index in [9.17, 15) is 0 Å². The van der Waals surface area contributed by atoms with Crippen LogP contribution >= 0.6 is 34.8 Å². The molecule has 0 amide bonds. The van der Waals surface area contributed by atoms with Crippen LogP contribution in [0.3, 0.4) is 0 Å². The van der Waals surface area contributed by atoms with E-state index in [1.54, 1.807) is 18.2 Å². The van der Waals surface area contributed by atoms with Crippen LogP contribution in [0.15, 0.2) is 24.3 Å². The van der Waals surface area contributed by atoms with Crippen molar-refractivity contribution in [2.75, 3.05) is 0 Å². The highest BCUT2D eigenvalue weighted by Gasteiger charge is 2.01. The van der Waals surface area contributed by atoms with E-state index in [2.05, 4.69) is 0 Å². The first-order chi connectivity index (χ1) is 6.13. The third-order valence-corrected chi connectivity index (χ3v) is 2.09. The number of rotatable bonds is 1. The Labute approximate surface area is 91.1 Å². The Morgan fingerprint density at radius 3 is 2.23 bits per heavy atom. The second-order valence-electron chi connectivity index (χ2n) is 2.28. The van der Waals surface area contributed by atoms with Gasteiger partial charge in [0, 0.05) is 16.1 Å². The molecule has 0 aromatic heterocycles. The molecule has 0 heterocycles. The summed E-state index contributed by atoms with van der Waals surface area (Å²) < 4.78 is 0. The highest BCUT2D eigenvalue weighted by molar-refractivity contribution is 6.49. The van der Waals surface area contributed by atoms with Gasteiger partial charge in [0.2, 0.25) is 0 Å². The van der Waals surface area contributed by atoms with Crippen LogP contribution in [0, 0.1) is 11.3 Å². The molecule has 0 aliphatic carbocycles. The summed E-state index contributed by atoms with van der Waals surface area (Å²) >= 11 is 17.3. The van der Waals surface area contributed by atoms with Crippen molar-refractivity contribution in [3.63, 3.8) is 0 Å². The van der Waals surface area contributed by atoms with Gasteiger partial charge in [-0.05, 0) is 23.8 Å². The monoisotopic (exact) mass is 231 g/mol. The lowest BCUT2D eigenvalue weighted by Crippen LogP contribution is -1.77. The highest BCUT2D eigenvalue weighted by Crippen LogP contribution is 2.26. The molecule has 1 aromatic rings. The topological polar surface area (TPSA) is 23.8 Å². The Hall–Kier alpha value is -0.680. The number of halogens is 3. The van der Waals surface area contributed by atoms with Crippen molar-refractivity contribution in [1.82, 2.24) is 0 Å². The molecule has 0 aliphatic rings. The predicted molar refractivity (Wildman–Crippen MR) is 55.9 cm³/mol. The minimum Gasteiger partial charge on any atom is -0.193 e. The minimum absolute atomic E-state index is 0.326. The molecular formula is C9H4Cl3N. The average molecular weight is 232 g/mol. The van der Waals surface area contributed by atoms with Crippen LogP contribution in [-0.4, -0.2) is 0 Å². The Morgan fingerprint density at radius 1 is 1.23 bits per heavy atom. The van der Waals surface area contributed by atoms with Gasteiger partial charge < -0.3 is 0 Å². The van der Waals surface area contributed by atoms with Gasteiger partial charge in [0.05, 0.1) is 11.1 Å². The van der Waals surface area contributed by atoms with Crippen molar-refractivity contribution in [2.24, 2.45) is 0 Å². The van der Waals surface area contributed by atoms with Crippen LogP contribution in [0.2, 0.25) is 10.0 Å².